The number of carboxylic acids is 1. The molecule has 0 radical (unpaired) electrons. The van der Waals surface area contributed by atoms with Crippen molar-refractivity contribution < 1.29 is 25.2 Å². The van der Waals surface area contributed by atoms with Gasteiger partial charge in [-0.25, -0.2) is 0 Å². The average molecular weight is 228 g/mol. The van der Waals surface area contributed by atoms with Gasteiger partial charge in [-0.2, -0.15) is 0 Å². The van der Waals surface area contributed by atoms with Crippen molar-refractivity contribution in [3.8, 4) is 0 Å². The van der Waals surface area contributed by atoms with Gasteiger partial charge < -0.3 is 20.4 Å². The summed E-state index contributed by atoms with van der Waals surface area (Å²) in [5.41, 5.74) is 0.236. The average Bonchev–Trinajstić information content (AvgIpc) is 2.98. The highest BCUT2D eigenvalue weighted by atomic mass is 16.4. The van der Waals surface area contributed by atoms with Crippen LogP contribution >= 0.6 is 0 Å². The molecule has 0 amide bonds. The molecule has 0 aromatic heterocycles. The normalized spacial score (nSPS) is 34.9. The van der Waals surface area contributed by atoms with Crippen molar-refractivity contribution in [2.75, 3.05) is 0 Å². The molecule has 2 fully saturated rings. The van der Waals surface area contributed by atoms with E-state index in [9.17, 15) is 20.1 Å². The maximum Gasteiger partial charge on any atom is 0.306 e. The summed E-state index contributed by atoms with van der Waals surface area (Å²) in [4.78, 5) is 10.8. The third-order valence-electron chi connectivity index (χ3n) is 3.34. The third kappa shape index (κ3) is 2.05. The van der Waals surface area contributed by atoms with Crippen molar-refractivity contribution in [2.24, 2.45) is 11.8 Å². The van der Waals surface area contributed by atoms with E-state index in [0.717, 1.165) is 12.8 Å². The Bertz CT molecular complexity index is 317. The van der Waals surface area contributed by atoms with E-state index >= 15 is 0 Å². The Morgan fingerprint density at radius 2 is 1.50 bits per heavy atom. The van der Waals surface area contributed by atoms with Gasteiger partial charge in [-0.05, 0) is 25.7 Å². The van der Waals surface area contributed by atoms with E-state index in [1.54, 1.807) is 0 Å². The summed E-state index contributed by atoms with van der Waals surface area (Å²) in [6.07, 6.45) is -0.193. The van der Waals surface area contributed by atoms with Gasteiger partial charge in [0.1, 0.15) is 0 Å². The first-order valence-electron chi connectivity index (χ1n) is 5.52. The van der Waals surface area contributed by atoms with E-state index in [1.165, 1.54) is 0 Å². The smallest absolute Gasteiger partial charge is 0.306 e. The molecule has 4 N–H and O–H groups in total. The van der Waals surface area contributed by atoms with E-state index in [-0.39, 0.29) is 30.1 Å². The van der Waals surface area contributed by atoms with E-state index < -0.39 is 24.1 Å². The second-order valence-electron chi connectivity index (χ2n) is 4.65. The Morgan fingerprint density at radius 3 is 1.88 bits per heavy atom. The molecule has 2 unspecified atom stereocenters. The number of aliphatic hydroxyl groups is 3. The van der Waals surface area contributed by atoms with Crippen molar-refractivity contribution in [1.82, 2.24) is 0 Å². The summed E-state index contributed by atoms with van der Waals surface area (Å²) in [6.45, 7) is 0. The van der Waals surface area contributed by atoms with E-state index in [0.29, 0.717) is 0 Å². The lowest BCUT2D eigenvalue weighted by Gasteiger charge is -2.31. The van der Waals surface area contributed by atoms with Gasteiger partial charge in [-0.15, -0.1) is 0 Å². The van der Waals surface area contributed by atoms with Crippen LogP contribution in [0, 0.1) is 11.8 Å². The van der Waals surface area contributed by atoms with Gasteiger partial charge in [-0.1, -0.05) is 0 Å². The Labute approximate surface area is 93.0 Å². The van der Waals surface area contributed by atoms with Gasteiger partial charge in [0, 0.05) is 11.5 Å². The van der Waals surface area contributed by atoms with Crippen molar-refractivity contribution in [1.29, 1.82) is 0 Å². The highest BCUT2D eigenvalue weighted by Gasteiger charge is 2.39. The number of allylic oxidation sites excluding steroid dienone is 1. The van der Waals surface area contributed by atoms with E-state index in [2.05, 4.69) is 0 Å². The predicted molar refractivity (Wildman–Crippen MR) is 54.8 cm³/mol. The third-order valence-corrected chi connectivity index (χ3v) is 3.34. The molecule has 2 rings (SSSR count). The molecule has 90 valence electrons. The van der Waals surface area contributed by atoms with Crippen molar-refractivity contribution in [2.45, 2.75) is 37.9 Å². The van der Waals surface area contributed by atoms with Gasteiger partial charge >= 0.3 is 5.97 Å². The van der Waals surface area contributed by atoms with Gasteiger partial charge in [0.15, 0.2) is 0 Å². The lowest BCUT2D eigenvalue weighted by molar-refractivity contribution is -0.144. The first-order chi connectivity index (χ1) is 7.50. The van der Waals surface area contributed by atoms with Crippen LogP contribution in [0.4, 0.5) is 0 Å². The molecule has 2 aliphatic rings. The largest absolute Gasteiger partial charge is 0.512 e. The van der Waals surface area contributed by atoms with Gasteiger partial charge in [0.25, 0.3) is 0 Å². The zero-order chi connectivity index (χ0) is 11.9. The summed E-state index contributed by atoms with van der Waals surface area (Å²) in [5, 5.41) is 38.1. The number of carboxylic acid groups (broad SMARTS) is 1. The lowest BCUT2D eigenvalue weighted by Crippen LogP contribution is -2.37. The summed E-state index contributed by atoms with van der Waals surface area (Å²) in [6, 6.07) is 0. The molecule has 0 aliphatic heterocycles. The molecule has 0 aromatic carbocycles. The molecule has 0 heterocycles. The standard InChI is InChI=1S/C11H16O5/c12-7-3-6(11(15)16)4-8(13)9(7)10(14)5-1-2-5/h5-8,12-14H,1-4H2,(H,15,16). The van der Waals surface area contributed by atoms with Crippen LogP contribution in [-0.4, -0.2) is 38.6 Å². The first-order valence-corrected chi connectivity index (χ1v) is 5.52. The SMILES string of the molecule is O=C(O)C1CC(O)C(=C(O)C2CC2)C(O)C1. The minimum atomic E-state index is -1.04. The van der Waals surface area contributed by atoms with Gasteiger partial charge in [0.2, 0.25) is 0 Å². The summed E-state index contributed by atoms with van der Waals surface area (Å²) >= 11 is 0. The number of rotatable bonds is 2. The van der Waals surface area contributed by atoms with Crippen molar-refractivity contribution in [3.63, 3.8) is 0 Å². The molecule has 0 aromatic rings. The zero-order valence-corrected chi connectivity index (χ0v) is 8.83. The van der Waals surface area contributed by atoms with Crippen LogP contribution < -0.4 is 0 Å². The Hall–Kier alpha value is -1.07. The number of aliphatic hydroxyl groups excluding tert-OH is 3. The number of carbonyl (C=O) groups is 1. The molecule has 2 saturated carbocycles. The molecule has 0 spiro atoms. The molecule has 5 heteroatoms. The molecule has 2 atom stereocenters. The quantitative estimate of drug-likeness (QED) is 0.514. The van der Waals surface area contributed by atoms with Crippen LogP contribution in [0.2, 0.25) is 0 Å². The Morgan fingerprint density at radius 1 is 1.00 bits per heavy atom. The predicted octanol–water partition coefficient (Wildman–Crippen LogP) is 0.425. The highest BCUT2D eigenvalue weighted by molar-refractivity contribution is 5.70. The topological polar surface area (TPSA) is 98.0 Å². The molecule has 2 aliphatic carbocycles. The fourth-order valence-electron chi connectivity index (χ4n) is 2.25. The highest BCUT2D eigenvalue weighted by Crippen LogP contribution is 2.40. The van der Waals surface area contributed by atoms with Crippen molar-refractivity contribution in [3.05, 3.63) is 11.3 Å². The lowest BCUT2D eigenvalue weighted by atomic mass is 9.80. The number of aliphatic carboxylic acids is 1. The molecular formula is C11H16O5. The molecule has 5 nitrogen and oxygen atoms in total. The zero-order valence-electron chi connectivity index (χ0n) is 8.83. The minimum absolute atomic E-state index is 0.0562. The minimum Gasteiger partial charge on any atom is -0.512 e. The molecule has 16 heavy (non-hydrogen) atoms. The van der Waals surface area contributed by atoms with Crippen LogP contribution in [0.3, 0.4) is 0 Å². The van der Waals surface area contributed by atoms with E-state index in [4.69, 9.17) is 5.11 Å². The van der Waals surface area contributed by atoms with Gasteiger partial charge in [-0.3, -0.25) is 4.79 Å². The van der Waals surface area contributed by atoms with Crippen molar-refractivity contribution >= 4 is 5.97 Å². The van der Waals surface area contributed by atoms with E-state index in [1.807, 2.05) is 0 Å². The molecule has 0 bridgehead atoms. The van der Waals surface area contributed by atoms with Crippen LogP contribution in [0.5, 0.6) is 0 Å². The number of hydrogen-bond donors (Lipinski definition) is 4. The molecule has 0 saturated heterocycles. The summed E-state index contributed by atoms with van der Waals surface area (Å²) in [5.74, 6) is -1.62. The monoisotopic (exact) mass is 228 g/mol. The van der Waals surface area contributed by atoms with Crippen LogP contribution in [0.1, 0.15) is 25.7 Å². The second kappa shape index (κ2) is 4.07. The summed E-state index contributed by atoms with van der Waals surface area (Å²) < 4.78 is 0. The second-order valence-corrected chi connectivity index (χ2v) is 4.65. The van der Waals surface area contributed by atoms with Gasteiger partial charge in [0.05, 0.1) is 23.9 Å². The first kappa shape index (κ1) is 11.4. The summed E-state index contributed by atoms with van der Waals surface area (Å²) in [7, 11) is 0. The maximum absolute atomic E-state index is 10.8. The molecular weight excluding hydrogens is 212 g/mol. The fourth-order valence-corrected chi connectivity index (χ4v) is 2.25. The fraction of sp³-hybridized carbons (Fsp3) is 0.727. The number of hydrogen-bond acceptors (Lipinski definition) is 4. The van der Waals surface area contributed by atoms with Crippen LogP contribution in [0.25, 0.3) is 0 Å². The van der Waals surface area contributed by atoms with Crippen LogP contribution in [0.15, 0.2) is 11.3 Å². The Kier molecular flexibility index (Phi) is 2.90. The Balaban J connectivity index is 2.17. The van der Waals surface area contributed by atoms with Crippen LogP contribution in [-0.2, 0) is 4.79 Å². The maximum atomic E-state index is 10.8.